The summed E-state index contributed by atoms with van der Waals surface area (Å²) in [5, 5.41) is 0. The number of halogens is 1. The molecule has 0 N–H and O–H groups in total. The quantitative estimate of drug-likeness (QED) is 0.696. The number of hydrogen-bond donors (Lipinski definition) is 0. The first-order chi connectivity index (χ1) is 7.50. The van der Waals surface area contributed by atoms with Gasteiger partial charge < -0.3 is 0 Å². The van der Waals surface area contributed by atoms with E-state index in [1.807, 2.05) is 6.07 Å². The highest BCUT2D eigenvalue weighted by molar-refractivity contribution is 5.41. The first-order valence-corrected chi connectivity index (χ1v) is 6.28. The van der Waals surface area contributed by atoms with Crippen LogP contribution >= 0.6 is 0 Å². The van der Waals surface area contributed by atoms with Crippen molar-refractivity contribution in [2.24, 2.45) is 11.8 Å². The van der Waals surface area contributed by atoms with E-state index >= 15 is 0 Å². The fourth-order valence-electron chi connectivity index (χ4n) is 3.58. The number of benzene rings is 1. The van der Waals surface area contributed by atoms with Crippen molar-refractivity contribution in [2.45, 2.75) is 46.0 Å². The molecule has 0 aromatic heterocycles. The molecule has 0 amide bonds. The third kappa shape index (κ3) is 1.41. The van der Waals surface area contributed by atoms with Gasteiger partial charge in [0.05, 0.1) is 0 Å². The standard InChI is InChI=1S/C15H21F/c1-10(2)15(11(3)4)9-8-12-13(15)6-5-7-14(12)16/h5-7,10-11H,8-9H2,1-4H3. The predicted molar refractivity (Wildman–Crippen MR) is 66.1 cm³/mol. The van der Waals surface area contributed by atoms with E-state index < -0.39 is 0 Å². The molecule has 0 saturated carbocycles. The Bertz CT molecular complexity index is 382. The highest BCUT2D eigenvalue weighted by Gasteiger charge is 2.44. The van der Waals surface area contributed by atoms with E-state index in [2.05, 4.69) is 33.8 Å². The lowest BCUT2D eigenvalue weighted by atomic mass is 9.65. The van der Waals surface area contributed by atoms with Crippen LogP contribution in [0.2, 0.25) is 0 Å². The Morgan fingerprint density at radius 3 is 2.31 bits per heavy atom. The predicted octanol–water partition coefficient (Wildman–Crippen LogP) is 4.32. The van der Waals surface area contributed by atoms with Gasteiger partial charge in [0.25, 0.3) is 0 Å². The summed E-state index contributed by atoms with van der Waals surface area (Å²) in [7, 11) is 0. The second-order valence-electron chi connectivity index (χ2n) is 5.62. The molecule has 1 aliphatic carbocycles. The van der Waals surface area contributed by atoms with Crippen molar-refractivity contribution in [3.05, 3.63) is 35.1 Å². The maximum Gasteiger partial charge on any atom is 0.126 e. The third-order valence-corrected chi connectivity index (χ3v) is 4.47. The number of hydrogen-bond acceptors (Lipinski definition) is 0. The SMILES string of the molecule is CC(C)C1(C(C)C)CCc2c(F)cccc21. The zero-order valence-electron chi connectivity index (χ0n) is 10.7. The summed E-state index contributed by atoms with van der Waals surface area (Å²) < 4.78 is 13.8. The molecule has 0 bridgehead atoms. The van der Waals surface area contributed by atoms with Crippen molar-refractivity contribution in [2.75, 3.05) is 0 Å². The Balaban J connectivity index is 2.60. The first kappa shape index (κ1) is 11.6. The van der Waals surface area contributed by atoms with Crippen molar-refractivity contribution >= 4 is 0 Å². The molecule has 0 unspecified atom stereocenters. The van der Waals surface area contributed by atoms with E-state index in [1.54, 1.807) is 6.07 Å². The molecule has 0 heterocycles. The normalized spacial score (nSPS) is 18.2. The average molecular weight is 220 g/mol. The second kappa shape index (κ2) is 3.87. The highest BCUT2D eigenvalue weighted by atomic mass is 19.1. The minimum atomic E-state index is -0.0133. The Labute approximate surface area is 97.9 Å². The van der Waals surface area contributed by atoms with Crippen LogP contribution in [-0.2, 0) is 11.8 Å². The van der Waals surface area contributed by atoms with Crippen LogP contribution in [0.1, 0.15) is 45.2 Å². The minimum Gasteiger partial charge on any atom is -0.207 e. The van der Waals surface area contributed by atoms with Gasteiger partial charge in [0.2, 0.25) is 0 Å². The van der Waals surface area contributed by atoms with Gasteiger partial charge in [-0.2, -0.15) is 0 Å². The third-order valence-electron chi connectivity index (χ3n) is 4.47. The van der Waals surface area contributed by atoms with Crippen molar-refractivity contribution < 1.29 is 4.39 Å². The fraction of sp³-hybridized carbons (Fsp3) is 0.600. The molecule has 0 nitrogen and oxygen atoms in total. The maximum atomic E-state index is 13.8. The van der Waals surface area contributed by atoms with Crippen LogP contribution in [0.25, 0.3) is 0 Å². The molecule has 1 aromatic carbocycles. The van der Waals surface area contributed by atoms with Gasteiger partial charge in [0.15, 0.2) is 0 Å². The molecule has 16 heavy (non-hydrogen) atoms. The molecule has 1 aromatic rings. The van der Waals surface area contributed by atoms with Crippen LogP contribution in [0.3, 0.4) is 0 Å². The fourth-order valence-corrected chi connectivity index (χ4v) is 3.58. The lowest BCUT2D eigenvalue weighted by Gasteiger charge is -2.39. The molecule has 0 radical (unpaired) electrons. The maximum absolute atomic E-state index is 13.8. The largest absolute Gasteiger partial charge is 0.207 e. The van der Waals surface area contributed by atoms with Gasteiger partial charge in [0, 0.05) is 5.41 Å². The Hall–Kier alpha value is -0.850. The summed E-state index contributed by atoms with van der Waals surface area (Å²) in [6.45, 7) is 9.06. The van der Waals surface area contributed by atoms with Crippen molar-refractivity contribution in [1.29, 1.82) is 0 Å². The Morgan fingerprint density at radius 1 is 1.12 bits per heavy atom. The van der Waals surface area contributed by atoms with Crippen LogP contribution in [0.15, 0.2) is 18.2 Å². The Kier molecular flexibility index (Phi) is 2.81. The molecule has 0 spiro atoms. The van der Waals surface area contributed by atoms with Crippen LogP contribution < -0.4 is 0 Å². The summed E-state index contributed by atoms with van der Waals surface area (Å²) in [6, 6.07) is 5.58. The van der Waals surface area contributed by atoms with Gasteiger partial charge >= 0.3 is 0 Å². The van der Waals surface area contributed by atoms with Gasteiger partial charge in [-0.3, -0.25) is 0 Å². The molecule has 0 aliphatic heterocycles. The molecular weight excluding hydrogens is 199 g/mol. The zero-order valence-corrected chi connectivity index (χ0v) is 10.7. The highest BCUT2D eigenvalue weighted by Crippen LogP contribution is 2.49. The van der Waals surface area contributed by atoms with Crippen molar-refractivity contribution in [3.63, 3.8) is 0 Å². The van der Waals surface area contributed by atoms with Crippen LogP contribution in [0.5, 0.6) is 0 Å². The molecule has 88 valence electrons. The summed E-state index contributed by atoms with van der Waals surface area (Å²) in [6.07, 6.45) is 2.00. The first-order valence-electron chi connectivity index (χ1n) is 6.28. The average Bonchev–Trinajstić information content (AvgIpc) is 2.59. The van der Waals surface area contributed by atoms with E-state index in [-0.39, 0.29) is 11.2 Å². The van der Waals surface area contributed by atoms with E-state index in [0.29, 0.717) is 11.8 Å². The van der Waals surface area contributed by atoms with Gasteiger partial charge in [-0.05, 0) is 41.9 Å². The summed E-state index contributed by atoms with van der Waals surface area (Å²) in [5.74, 6) is 1.12. The molecule has 1 aliphatic rings. The molecule has 0 saturated heterocycles. The Morgan fingerprint density at radius 2 is 1.75 bits per heavy atom. The topological polar surface area (TPSA) is 0 Å². The van der Waals surface area contributed by atoms with Crippen molar-refractivity contribution in [3.8, 4) is 0 Å². The smallest absolute Gasteiger partial charge is 0.126 e. The second-order valence-corrected chi connectivity index (χ2v) is 5.62. The summed E-state index contributed by atoms with van der Waals surface area (Å²) >= 11 is 0. The summed E-state index contributed by atoms with van der Waals surface area (Å²) in [4.78, 5) is 0. The van der Waals surface area contributed by atoms with E-state index in [0.717, 1.165) is 18.4 Å². The summed E-state index contributed by atoms with van der Waals surface area (Å²) in [5.41, 5.74) is 2.40. The lowest BCUT2D eigenvalue weighted by molar-refractivity contribution is 0.218. The van der Waals surface area contributed by atoms with Gasteiger partial charge in [-0.15, -0.1) is 0 Å². The molecule has 1 heteroatoms. The van der Waals surface area contributed by atoms with Gasteiger partial charge in [-0.1, -0.05) is 39.8 Å². The lowest BCUT2D eigenvalue weighted by Crippen LogP contribution is -2.35. The van der Waals surface area contributed by atoms with Gasteiger partial charge in [-0.25, -0.2) is 4.39 Å². The van der Waals surface area contributed by atoms with Crippen LogP contribution in [0, 0.1) is 17.7 Å². The van der Waals surface area contributed by atoms with Crippen LogP contribution in [0.4, 0.5) is 4.39 Å². The van der Waals surface area contributed by atoms with E-state index in [9.17, 15) is 4.39 Å². The monoisotopic (exact) mass is 220 g/mol. The molecule has 0 fully saturated rings. The van der Waals surface area contributed by atoms with Gasteiger partial charge in [0.1, 0.15) is 5.82 Å². The molecule has 0 atom stereocenters. The van der Waals surface area contributed by atoms with Crippen molar-refractivity contribution in [1.82, 2.24) is 0 Å². The van der Waals surface area contributed by atoms with E-state index in [4.69, 9.17) is 0 Å². The number of rotatable bonds is 2. The minimum absolute atomic E-state index is 0.0133. The molecular formula is C15H21F. The zero-order chi connectivity index (χ0) is 11.9. The molecule has 2 rings (SSSR count). The van der Waals surface area contributed by atoms with Crippen LogP contribution in [-0.4, -0.2) is 0 Å². The number of fused-ring (bicyclic) bond motifs is 1. The van der Waals surface area contributed by atoms with E-state index in [1.165, 1.54) is 5.56 Å².